The Bertz CT molecular complexity index is 863. The summed E-state index contributed by atoms with van der Waals surface area (Å²) in [7, 11) is 0. The van der Waals surface area contributed by atoms with Crippen LogP contribution >= 0.6 is 0 Å². The normalized spacial score (nSPS) is 12.9. The van der Waals surface area contributed by atoms with E-state index < -0.39 is 23.3 Å². The number of nitrogens with one attached hydrogen (secondary N) is 2. The zero-order valence-corrected chi connectivity index (χ0v) is 18.7. The number of rotatable bonds is 7. The van der Waals surface area contributed by atoms with E-state index in [1.54, 1.807) is 6.20 Å². The Balaban J connectivity index is 2.05. The molecule has 0 spiro atoms. The number of esters is 1. The second kappa shape index (κ2) is 9.78. The summed E-state index contributed by atoms with van der Waals surface area (Å²) in [5.41, 5.74) is 0.416. The van der Waals surface area contributed by atoms with Gasteiger partial charge >= 0.3 is 12.1 Å². The molecule has 1 aromatic heterocycles. The molecule has 1 atom stereocenters. The second-order valence-electron chi connectivity index (χ2n) is 9.18. The number of anilines is 1. The summed E-state index contributed by atoms with van der Waals surface area (Å²) >= 11 is 0. The Morgan fingerprint density at radius 2 is 1.67 bits per heavy atom. The maximum absolute atomic E-state index is 12.8. The number of carbonyl (C=O) groups is 2. The first kappa shape index (κ1) is 23.4. The Hall–Kier alpha value is -2.83. The van der Waals surface area contributed by atoms with Crippen LogP contribution in [0.3, 0.4) is 0 Å². The van der Waals surface area contributed by atoms with Gasteiger partial charge in [-0.2, -0.15) is 0 Å². The molecular weight excluding hydrogens is 382 g/mol. The number of para-hydroxylation sites is 1. The lowest BCUT2D eigenvalue weighted by Crippen LogP contribution is -2.38. The molecule has 2 rings (SSSR count). The van der Waals surface area contributed by atoms with Gasteiger partial charge in [0.1, 0.15) is 17.2 Å². The highest BCUT2D eigenvalue weighted by Gasteiger charge is 2.25. The van der Waals surface area contributed by atoms with Gasteiger partial charge in [-0.3, -0.25) is 4.98 Å². The van der Waals surface area contributed by atoms with Crippen LogP contribution in [0.15, 0.2) is 36.5 Å². The van der Waals surface area contributed by atoms with Crippen LogP contribution < -0.4 is 10.6 Å². The number of benzene rings is 1. The van der Waals surface area contributed by atoms with Crippen LogP contribution in [0, 0.1) is 0 Å². The van der Waals surface area contributed by atoms with Crippen molar-refractivity contribution in [1.29, 1.82) is 0 Å². The predicted molar refractivity (Wildman–Crippen MR) is 118 cm³/mol. The number of carbonyl (C=O) groups excluding carboxylic acids is 2. The topological polar surface area (TPSA) is 89.5 Å². The molecule has 2 aromatic rings. The Labute approximate surface area is 178 Å². The molecule has 164 valence electrons. The number of pyridine rings is 1. The molecule has 0 aliphatic carbocycles. The van der Waals surface area contributed by atoms with E-state index in [0.717, 1.165) is 16.6 Å². The minimum atomic E-state index is -0.594. The summed E-state index contributed by atoms with van der Waals surface area (Å²) in [6.45, 7) is 11.3. The van der Waals surface area contributed by atoms with Gasteiger partial charge in [-0.25, -0.2) is 9.59 Å². The van der Waals surface area contributed by atoms with Crippen LogP contribution in [0.1, 0.15) is 54.4 Å². The Kier molecular flexibility index (Phi) is 7.65. The smallest absolute Gasteiger partial charge is 0.407 e. The third-order valence-electron chi connectivity index (χ3n) is 3.99. The lowest BCUT2D eigenvalue weighted by atomic mass is 10.1. The monoisotopic (exact) mass is 415 g/mol. The molecule has 0 aliphatic rings. The number of amides is 1. The number of fused-ring (bicyclic) bond motifs is 1. The molecular formula is C23H33N3O4. The number of ether oxygens (including phenoxy) is 2. The molecule has 7 nitrogen and oxygen atoms in total. The van der Waals surface area contributed by atoms with Gasteiger partial charge in [0.25, 0.3) is 0 Å². The molecule has 1 amide bonds. The Morgan fingerprint density at radius 1 is 1.00 bits per heavy atom. The molecule has 0 unspecified atom stereocenters. The fraction of sp³-hybridized carbons (Fsp3) is 0.522. The number of hydrogen-bond donors (Lipinski definition) is 2. The molecule has 0 saturated heterocycles. The SMILES string of the molecule is CC(C)(C)OC(=O)NCCC[C@@H](Nc1cccc2cccnc12)C(=O)OC(C)(C)C. The summed E-state index contributed by atoms with van der Waals surface area (Å²) in [4.78, 5) is 29.0. The van der Waals surface area contributed by atoms with Gasteiger partial charge in [0.2, 0.25) is 0 Å². The van der Waals surface area contributed by atoms with Gasteiger partial charge in [0, 0.05) is 18.1 Å². The molecule has 2 N–H and O–H groups in total. The third-order valence-corrected chi connectivity index (χ3v) is 3.99. The number of nitrogens with zero attached hydrogens (tertiary/aromatic N) is 1. The first-order chi connectivity index (χ1) is 13.9. The average molecular weight is 416 g/mol. The number of alkyl carbamates (subject to hydrolysis) is 1. The van der Waals surface area contributed by atoms with Crippen molar-refractivity contribution in [3.63, 3.8) is 0 Å². The summed E-state index contributed by atoms with van der Waals surface area (Å²) in [6.07, 6.45) is 2.31. The molecule has 1 heterocycles. The summed E-state index contributed by atoms with van der Waals surface area (Å²) in [5, 5.41) is 6.99. The fourth-order valence-electron chi connectivity index (χ4n) is 2.84. The highest BCUT2D eigenvalue weighted by Crippen LogP contribution is 2.23. The molecule has 1 aromatic carbocycles. The number of hydrogen-bond acceptors (Lipinski definition) is 6. The molecule has 0 radical (unpaired) electrons. The van der Waals surface area contributed by atoms with Crippen LogP contribution in [0.25, 0.3) is 10.9 Å². The van der Waals surface area contributed by atoms with E-state index >= 15 is 0 Å². The van der Waals surface area contributed by atoms with Gasteiger partial charge in [0.15, 0.2) is 0 Å². The van der Waals surface area contributed by atoms with Crippen LogP contribution in [0.2, 0.25) is 0 Å². The lowest BCUT2D eigenvalue weighted by Gasteiger charge is -2.25. The zero-order chi connectivity index (χ0) is 22.4. The van der Waals surface area contributed by atoms with Crippen LogP contribution in [-0.2, 0) is 14.3 Å². The summed E-state index contributed by atoms with van der Waals surface area (Å²) < 4.78 is 10.8. The van der Waals surface area contributed by atoms with Crippen molar-refractivity contribution < 1.29 is 19.1 Å². The molecule has 0 saturated carbocycles. The molecule has 0 bridgehead atoms. The van der Waals surface area contributed by atoms with Gasteiger partial charge in [-0.05, 0) is 66.5 Å². The van der Waals surface area contributed by atoms with Crippen molar-refractivity contribution >= 4 is 28.7 Å². The number of aromatic nitrogens is 1. The molecule has 7 heteroatoms. The first-order valence-electron chi connectivity index (χ1n) is 10.2. The maximum Gasteiger partial charge on any atom is 0.407 e. The standard InChI is InChI=1S/C23H33N3O4/c1-22(2,3)29-20(27)18(13-9-15-25-21(28)30-23(4,5)6)26-17-12-7-10-16-11-8-14-24-19(16)17/h7-8,10-12,14,18,26H,9,13,15H2,1-6H3,(H,25,28)/t18-/m1/s1. The summed E-state index contributed by atoms with van der Waals surface area (Å²) in [6, 6.07) is 9.06. The van der Waals surface area contributed by atoms with Crippen molar-refractivity contribution in [2.75, 3.05) is 11.9 Å². The van der Waals surface area contributed by atoms with Crippen molar-refractivity contribution in [3.05, 3.63) is 36.5 Å². The van der Waals surface area contributed by atoms with E-state index in [1.807, 2.05) is 71.9 Å². The maximum atomic E-state index is 12.8. The predicted octanol–water partition coefficient (Wildman–Crippen LogP) is 4.66. The van der Waals surface area contributed by atoms with Crippen LogP contribution in [0.4, 0.5) is 10.5 Å². The van der Waals surface area contributed by atoms with Gasteiger partial charge in [0.05, 0.1) is 11.2 Å². The van der Waals surface area contributed by atoms with Crippen molar-refractivity contribution in [1.82, 2.24) is 10.3 Å². The zero-order valence-electron chi connectivity index (χ0n) is 18.7. The Morgan fingerprint density at radius 3 is 2.33 bits per heavy atom. The lowest BCUT2D eigenvalue weighted by molar-refractivity contribution is -0.155. The quantitative estimate of drug-likeness (QED) is 0.505. The van der Waals surface area contributed by atoms with E-state index in [2.05, 4.69) is 15.6 Å². The van der Waals surface area contributed by atoms with Crippen LogP contribution in [0.5, 0.6) is 0 Å². The highest BCUT2D eigenvalue weighted by molar-refractivity contribution is 5.92. The largest absolute Gasteiger partial charge is 0.458 e. The average Bonchev–Trinajstić information content (AvgIpc) is 2.61. The third kappa shape index (κ3) is 7.89. The van der Waals surface area contributed by atoms with E-state index in [4.69, 9.17) is 9.47 Å². The van der Waals surface area contributed by atoms with E-state index in [-0.39, 0.29) is 5.97 Å². The van der Waals surface area contributed by atoms with Gasteiger partial charge < -0.3 is 20.1 Å². The fourth-order valence-corrected chi connectivity index (χ4v) is 2.84. The first-order valence-corrected chi connectivity index (χ1v) is 10.2. The van der Waals surface area contributed by atoms with E-state index in [9.17, 15) is 9.59 Å². The minimum absolute atomic E-state index is 0.340. The van der Waals surface area contributed by atoms with E-state index in [0.29, 0.717) is 19.4 Å². The van der Waals surface area contributed by atoms with Gasteiger partial charge in [-0.15, -0.1) is 0 Å². The summed E-state index contributed by atoms with van der Waals surface area (Å²) in [5.74, 6) is -0.340. The highest BCUT2D eigenvalue weighted by atomic mass is 16.6. The van der Waals surface area contributed by atoms with Crippen molar-refractivity contribution in [2.45, 2.75) is 71.6 Å². The molecule has 0 fully saturated rings. The van der Waals surface area contributed by atoms with E-state index in [1.165, 1.54) is 0 Å². The van der Waals surface area contributed by atoms with Gasteiger partial charge in [-0.1, -0.05) is 18.2 Å². The molecule has 0 aliphatic heterocycles. The minimum Gasteiger partial charge on any atom is -0.458 e. The molecule has 30 heavy (non-hydrogen) atoms. The van der Waals surface area contributed by atoms with Crippen LogP contribution in [-0.4, -0.2) is 40.8 Å². The van der Waals surface area contributed by atoms with Crippen molar-refractivity contribution in [2.24, 2.45) is 0 Å². The second-order valence-corrected chi connectivity index (χ2v) is 9.18. The van der Waals surface area contributed by atoms with Crippen molar-refractivity contribution in [3.8, 4) is 0 Å².